The van der Waals surface area contributed by atoms with E-state index in [-0.39, 0.29) is 11.1 Å². The van der Waals surface area contributed by atoms with Gasteiger partial charge in [0.1, 0.15) is 5.82 Å². The van der Waals surface area contributed by atoms with E-state index in [1.165, 1.54) is 0 Å². The van der Waals surface area contributed by atoms with Crippen LogP contribution < -0.4 is 10.9 Å². The Hall–Kier alpha value is -1.72. The third-order valence-corrected chi connectivity index (χ3v) is 4.60. The normalized spacial score (nSPS) is 19.0. The summed E-state index contributed by atoms with van der Waals surface area (Å²) in [6.45, 7) is 5.02. The second-order valence-electron chi connectivity index (χ2n) is 6.12. The van der Waals surface area contributed by atoms with Crippen LogP contribution in [0.5, 0.6) is 0 Å². The average molecular weight is 286 g/mol. The highest BCUT2D eigenvalue weighted by Crippen LogP contribution is 2.21. The zero-order valence-corrected chi connectivity index (χ0v) is 12.6. The van der Waals surface area contributed by atoms with E-state index in [1.54, 1.807) is 0 Å². The minimum atomic E-state index is -0.0485. The molecule has 0 amide bonds. The first kappa shape index (κ1) is 14.2. The van der Waals surface area contributed by atoms with Crippen LogP contribution in [0.3, 0.4) is 0 Å². The Kier molecular flexibility index (Phi) is 3.78. The van der Waals surface area contributed by atoms with Crippen molar-refractivity contribution in [1.82, 2.24) is 20.2 Å². The summed E-state index contributed by atoms with van der Waals surface area (Å²) in [5, 5.41) is 4.05. The first-order chi connectivity index (χ1) is 10.1. The maximum atomic E-state index is 12.1. The Balaban J connectivity index is 1.76. The highest BCUT2D eigenvalue weighted by molar-refractivity contribution is 5.77. The van der Waals surface area contributed by atoms with Crippen LogP contribution in [0.25, 0.3) is 10.9 Å². The molecule has 0 radical (unpaired) electrons. The number of para-hydroxylation sites is 1. The van der Waals surface area contributed by atoms with Crippen molar-refractivity contribution < 1.29 is 0 Å². The summed E-state index contributed by atoms with van der Waals surface area (Å²) in [7, 11) is 2.03. The lowest BCUT2D eigenvalue weighted by atomic mass is 9.90. The summed E-state index contributed by atoms with van der Waals surface area (Å²) in [5.41, 5.74) is 0.960. The predicted molar refractivity (Wildman–Crippen MR) is 84.3 cm³/mol. The molecule has 1 aliphatic heterocycles. The van der Waals surface area contributed by atoms with E-state index in [4.69, 9.17) is 0 Å². The highest BCUT2D eigenvalue weighted by Gasteiger charge is 2.28. The summed E-state index contributed by atoms with van der Waals surface area (Å²) in [6.07, 6.45) is 2.22. The molecule has 0 atom stereocenters. The number of hydrogen-bond acceptors (Lipinski definition) is 4. The molecule has 0 bridgehead atoms. The van der Waals surface area contributed by atoms with Gasteiger partial charge in [-0.3, -0.25) is 9.69 Å². The Bertz CT molecular complexity index is 686. The first-order valence-corrected chi connectivity index (χ1v) is 7.49. The van der Waals surface area contributed by atoms with E-state index in [1.807, 2.05) is 31.3 Å². The van der Waals surface area contributed by atoms with Crippen LogP contribution in [0.2, 0.25) is 0 Å². The zero-order chi connectivity index (χ0) is 14.9. The van der Waals surface area contributed by atoms with Crippen LogP contribution in [0.1, 0.15) is 25.6 Å². The monoisotopic (exact) mass is 286 g/mol. The second kappa shape index (κ2) is 5.58. The molecule has 1 saturated heterocycles. The lowest BCUT2D eigenvalue weighted by Crippen LogP contribution is -2.49. The Morgan fingerprint density at radius 3 is 2.76 bits per heavy atom. The molecule has 21 heavy (non-hydrogen) atoms. The third kappa shape index (κ3) is 2.99. The fraction of sp³-hybridized carbons (Fsp3) is 0.500. The molecule has 1 aromatic heterocycles. The summed E-state index contributed by atoms with van der Waals surface area (Å²) in [5.74, 6) is 0.756. The van der Waals surface area contributed by atoms with Crippen LogP contribution in [0, 0.1) is 0 Å². The molecule has 0 aliphatic carbocycles. The third-order valence-electron chi connectivity index (χ3n) is 4.60. The van der Waals surface area contributed by atoms with Gasteiger partial charge in [-0.05, 0) is 38.9 Å². The summed E-state index contributed by atoms with van der Waals surface area (Å²) >= 11 is 0. The molecule has 1 aliphatic rings. The molecule has 2 N–H and O–H groups in total. The number of hydrogen-bond donors (Lipinski definition) is 2. The number of nitrogens with one attached hydrogen (secondary N) is 2. The molecule has 2 aromatic rings. The van der Waals surface area contributed by atoms with E-state index >= 15 is 0 Å². The second-order valence-corrected chi connectivity index (χ2v) is 6.12. The van der Waals surface area contributed by atoms with Gasteiger partial charge in [0, 0.05) is 18.6 Å². The molecule has 112 valence electrons. The first-order valence-electron chi connectivity index (χ1n) is 7.49. The van der Waals surface area contributed by atoms with E-state index in [9.17, 15) is 4.79 Å². The molecule has 1 aromatic carbocycles. The summed E-state index contributed by atoms with van der Waals surface area (Å²) in [6, 6.07) is 7.48. The van der Waals surface area contributed by atoms with Gasteiger partial charge in [0.15, 0.2) is 0 Å². The van der Waals surface area contributed by atoms with Crippen molar-refractivity contribution in [2.75, 3.05) is 20.1 Å². The smallest absolute Gasteiger partial charge is 0.258 e. The fourth-order valence-electron chi connectivity index (χ4n) is 2.88. The van der Waals surface area contributed by atoms with Crippen LogP contribution in [0.15, 0.2) is 29.1 Å². The SMILES string of the molecule is CNC1(C)CCN(Cc2nc3ccccc3c(=O)[nH]2)CC1. The molecular formula is C16H22N4O. The molecule has 1 fully saturated rings. The Morgan fingerprint density at radius 1 is 1.33 bits per heavy atom. The quantitative estimate of drug-likeness (QED) is 0.897. The maximum absolute atomic E-state index is 12.1. The lowest BCUT2D eigenvalue weighted by Gasteiger charge is -2.39. The molecule has 0 spiro atoms. The number of aromatic nitrogens is 2. The number of H-pyrrole nitrogens is 1. The number of rotatable bonds is 3. The van der Waals surface area contributed by atoms with Gasteiger partial charge in [0.05, 0.1) is 17.4 Å². The van der Waals surface area contributed by atoms with Crippen molar-refractivity contribution in [1.29, 1.82) is 0 Å². The predicted octanol–water partition coefficient (Wildman–Crippen LogP) is 1.50. The topological polar surface area (TPSA) is 61.0 Å². The van der Waals surface area contributed by atoms with Gasteiger partial charge in [-0.25, -0.2) is 4.98 Å². The summed E-state index contributed by atoms with van der Waals surface area (Å²) in [4.78, 5) is 21.9. The largest absolute Gasteiger partial charge is 0.314 e. The number of piperidine rings is 1. The zero-order valence-electron chi connectivity index (χ0n) is 12.6. The minimum absolute atomic E-state index is 0.0485. The molecule has 0 saturated carbocycles. The average Bonchev–Trinajstić information content (AvgIpc) is 2.50. The highest BCUT2D eigenvalue weighted by atomic mass is 16.1. The van der Waals surface area contributed by atoms with Gasteiger partial charge in [-0.1, -0.05) is 12.1 Å². The van der Waals surface area contributed by atoms with Gasteiger partial charge in [-0.2, -0.15) is 0 Å². The van der Waals surface area contributed by atoms with Crippen molar-refractivity contribution in [3.8, 4) is 0 Å². The van der Waals surface area contributed by atoms with Gasteiger partial charge in [0.25, 0.3) is 5.56 Å². The van der Waals surface area contributed by atoms with Crippen LogP contribution in [0.4, 0.5) is 0 Å². The van der Waals surface area contributed by atoms with Gasteiger partial charge < -0.3 is 10.3 Å². The lowest BCUT2D eigenvalue weighted by molar-refractivity contribution is 0.143. The van der Waals surface area contributed by atoms with Crippen molar-refractivity contribution in [3.05, 3.63) is 40.4 Å². The molecule has 0 unspecified atom stereocenters. The molecule has 3 rings (SSSR count). The molecule has 5 nitrogen and oxygen atoms in total. The standard InChI is InChI=1S/C16H22N4O/c1-16(17-2)7-9-20(10-8-16)11-14-18-13-6-4-3-5-12(13)15(21)19-14/h3-6,17H,7-11H2,1-2H3,(H,18,19,21). The van der Waals surface area contributed by atoms with Gasteiger partial charge >= 0.3 is 0 Å². The van der Waals surface area contributed by atoms with E-state index < -0.39 is 0 Å². The maximum Gasteiger partial charge on any atom is 0.258 e. The van der Waals surface area contributed by atoms with E-state index in [0.717, 1.165) is 37.3 Å². The number of nitrogens with zero attached hydrogens (tertiary/aromatic N) is 2. The van der Waals surface area contributed by atoms with Crippen molar-refractivity contribution in [2.45, 2.75) is 31.8 Å². The number of fused-ring (bicyclic) bond motifs is 1. The number of likely N-dealkylation sites (tertiary alicyclic amines) is 1. The van der Waals surface area contributed by atoms with Crippen molar-refractivity contribution >= 4 is 10.9 Å². The van der Waals surface area contributed by atoms with Crippen LogP contribution in [-0.2, 0) is 6.54 Å². The van der Waals surface area contributed by atoms with Gasteiger partial charge in [0.2, 0.25) is 0 Å². The summed E-state index contributed by atoms with van der Waals surface area (Å²) < 4.78 is 0. The molecule has 5 heteroatoms. The Morgan fingerprint density at radius 2 is 2.05 bits per heavy atom. The van der Waals surface area contributed by atoms with Gasteiger partial charge in [-0.15, -0.1) is 0 Å². The van der Waals surface area contributed by atoms with Crippen molar-refractivity contribution in [3.63, 3.8) is 0 Å². The number of aromatic amines is 1. The van der Waals surface area contributed by atoms with Crippen molar-refractivity contribution in [2.24, 2.45) is 0 Å². The van der Waals surface area contributed by atoms with E-state index in [2.05, 4.69) is 27.1 Å². The van der Waals surface area contributed by atoms with E-state index in [0.29, 0.717) is 11.9 Å². The minimum Gasteiger partial charge on any atom is -0.314 e. The van der Waals surface area contributed by atoms with Crippen LogP contribution >= 0.6 is 0 Å². The number of benzene rings is 1. The molecule has 2 heterocycles. The fourth-order valence-corrected chi connectivity index (χ4v) is 2.88. The molecular weight excluding hydrogens is 264 g/mol. The van der Waals surface area contributed by atoms with Crippen LogP contribution in [-0.4, -0.2) is 40.5 Å². The Labute approximate surface area is 124 Å².